The summed E-state index contributed by atoms with van der Waals surface area (Å²) in [6.45, 7) is 0.735. The SMILES string of the molecule is O=C=C1OCC=CC1OCc1ccccn1. The van der Waals surface area contributed by atoms with Crippen molar-refractivity contribution in [3.05, 3.63) is 48.0 Å². The van der Waals surface area contributed by atoms with Gasteiger partial charge in [0.05, 0.1) is 12.3 Å². The van der Waals surface area contributed by atoms with Gasteiger partial charge in [0, 0.05) is 6.20 Å². The van der Waals surface area contributed by atoms with Crippen molar-refractivity contribution in [3.63, 3.8) is 0 Å². The number of hydrogen-bond acceptors (Lipinski definition) is 4. The molecular formula is C12H11NO3. The van der Waals surface area contributed by atoms with Crippen molar-refractivity contribution < 1.29 is 14.3 Å². The van der Waals surface area contributed by atoms with Crippen LogP contribution in [0.15, 0.2) is 42.3 Å². The number of pyridine rings is 1. The number of aromatic nitrogens is 1. The Morgan fingerprint density at radius 2 is 2.50 bits per heavy atom. The van der Waals surface area contributed by atoms with E-state index in [1.807, 2.05) is 24.3 Å². The van der Waals surface area contributed by atoms with Crippen molar-refractivity contribution in [2.24, 2.45) is 0 Å². The fraction of sp³-hybridized carbons (Fsp3) is 0.250. The van der Waals surface area contributed by atoms with Gasteiger partial charge in [-0.1, -0.05) is 6.07 Å². The molecule has 0 spiro atoms. The molecule has 1 aliphatic heterocycles. The van der Waals surface area contributed by atoms with E-state index in [9.17, 15) is 4.79 Å². The van der Waals surface area contributed by atoms with Gasteiger partial charge in [-0.15, -0.1) is 0 Å². The molecule has 0 bridgehead atoms. The summed E-state index contributed by atoms with van der Waals surface area (Å²) in [7, 11) is 0. The summed E-state index contributed by atoms with van der Waals surface area (Å²) in [6, 6.07) is 5.58. The van der Waals surface area contributed by atoms with E-state index >= 15 is 0 Å². The number of nitrogens with zero attached hydrogens (tertiary/aromatic N) is 1. The van der Waals surface area contributed by atoms with Crippen molar-refractivity contribution in [1.29, 1.82) is 0 Å². The Labute approximate surface area is 93.2 Å². The zero-order chi connectivity index (χ0) is 11.2. The zero-order valence-corrected chi connectivity index (χ0v) is 8.63. The van der Waals surface area contributed by atoms with Crippen LogP contribution in [0.4, 0.5) is 0 Å². The second kappa shape index (κ2) is 5.26. The van der Waals surface area contributed by atoms with Crippen molar-refractivity contribution in [2.45, 2.75) is 12.7 Å². The maximum Gasteiger partial charge on any atom is 0.213 e. The lowest BCUT2D eigenvalue weighted by Crippen LogP contribution is -2.20. The van der Waals surface area contributed by atoms with Gasteiger partial charge in [-0.2, -0.15) is 0 Å². The molecule has 0 saturated heterocycles. The first-order valence-electron chi connectivity index (χ1n) is 4.96. The van der Waals surface area contributed by atoms with Crippen molar-refractivity contribution in [3.8, 4) is 0 Å². The maximum atomic E-state index is 10.6. The van der Waals surface area contributed by atoms with Gasteiger partial charge in [0.15, 0.2) is 5.94 Å². The highest BCUT2D eigenvalue weighted by Crippen LogP contribution is 2.13. The van der Waals surface area contributed by atoms with Gasteiger partial charge in [-0.05, 0) is 24.3 Å². The van der Waals surface area contributed by atoms with Crippen molar-refractivity contribution in [2.75, 3.05) is 6.61 Å². The first-order valence-corrected chi connectivity index (χ1v) is 4.96. The van der Waals surface area contributed by atoms with Crippen LogP contribution in [0.3, 0.4) is 0 Å². The standard InChI is InChI=1S/C12H11NO3/c14-8-12-11(5-3-7-15-12)16-9-10-4-1-2-6-13-10/h1-6,11H,7,9H2. The Morgan fingerprint density at radius 1 is 1.56 bits per heavy atom. The van der Waals surface area contributed by atoms with E-state index in [0.717, 1.165) is 5.69 Å². The summed E-state index contributed by atoms with van der Waals surface area (Å²) < 4.78 is 10.6. The molecule has 16 heavy (non-hydrogen) atoms. The highest BCUT2D eigenvalue weighted by atomic mass is 16.5. The molecule has 0 radical (unpaired) electrons. The molecule has 4 nitrogen and oxygen atoms in total. The first-order chi connectivity index (χ1) is 7.90. The number of carbonyl (C=O) groups excluding carboxylic acids is 1. The van der Waals surface area contributed by atoms with Crippen LogP contribution >= 0.6 is 0 Å². The fourth-order valence-electron chi connectivity index (χ4n) is 1.36. The molecule has 1 unspecified atom stereocenters. The lowest BCUT2D eigenvalue weighted by atomic mass is 10.2. The van der Waals surface area contributed by atoms with Crippen molar-refractivity contribution in [1.82, 2.24) is 4.98 Å². The molecule has 0 fully saturated rings. The summed E-state index contributed by atoms with van der Waals surface area (Å²) >= 11 is 0. The molecule has 0 aliphatic carbocycles. The Bertz CT molecular complexity index is 421. The van der Waals surface area contributed by atoms with Gasteiger partial charge < -0.3 is 9.47 Å². The highest BCUT2D eigenvalue weighted by Gasteiger charge is 2.17. The van der Waals surface area contributed by atoms with Crippen LogP contribution in [0.1, 0.15) is 5.69 Å². The van der Waals surface area contributed by atoms with Gasteiger partial charge in [0.25, 0.3) is 0 Å². The lowest BCUT2D eigenvalue weighted by molar-refractivity contribution is 0.0439. The van der Waals surface area contributed by atoms with Gasteiger partial charge in [-0.3, -0.25) is 4.98 Å². The molecule has 1 aromatic heterocycles. The summed E-state index contributed by atoms with van der Waals surface area (Å²) in [5.41, 5.74) is 0.812. The molecule has 0 amide bonds. The Hall–Kier alpha value is -1.90. The van der Waals surface area contributed by atoms with Crippen LogP contribution in [0.2, 0.25) is 0 Å². The van der Waals surface area contributed by atoms with Gasteiger partial charge >= 0.3 is 0 Å². The first kappa shape index (κ1) is 10.6. The molecule has 1 aromatic rings. The topological polar surface area (TPSA) is 48.4 Å². The maximum absolute atomic E-state index is 10.6. The summed E-state index contributed by atoms with van der Waals surface area (Å²) in [6.07, 6.45) is 4.84. The molecule has 0 N–H and O–H groups in total. The summed E-state index contributed by atoms with van der Waals surface area (Å²) in [4.78, 5) is 14.7. The number of rotatable bonds is 3. The third-order valence-corrected chi connectivity index (χ3v) is 2.14. The van der Waals surface area contributed by atoms with E-state index in [2.05, 4.69) is 4.98 Å². The molecule has 2 rings (SSSR count). The van der Waals surface area contributed by atoms with E-state index in [-0.39, 0.29) is 5.76 Å². The zero-order valence-electron chi connectivity index (χ0n) is 8.63. The van der Waals surface area contributed by atoms with Crippen LogP contribution in [0.25, 0.3) is 0 Å². The van der Waals surface area contributed by atoms with Crippen LogP contribution in [0, 0.1) is 0 Å². The van der Waals surface area contributed by atoms with Gasteiger partial charge in [0.1, 0.15) is 12.7 Å². The molecule has 4 heteroatoms. The third kappa shape index (κ3) is 2.57. The minimum absolute atomic E-state index is 0.193. The molecule has 1 atom stereocenters. The van der Waals surface area contributed by atoms with E-state index < -0.39 is 6.10 Å². The van der Waals surface area contributed by atoms with Crippen LogP contribution in [-0.2, 0) is 20.9 Å². The largest absolute Gasteiger partial charge is 0.480 e. The lowest BCUT2D eigenvalue weighted by Gasteiger charge is -2.18. The molecule has 82 valence electrons. The fourth-order valence-corrected chi connectivity index (χ4v) is 1.36. The van der Waals surface area contributed by atoms with Crippen LogP contribution < -0.4 is 0 Å². The van der Waals surface area contributed by atoms with E-state index in [1.54, 1.807) is 18.2 Å². The average molecular weight is 217 g/mol. The second-order valence-electron chi connectivity index (χ2n) is 3.26. The summed E-state index contributed by atoms with van der Waals surface area (Å²) in [5, 5.41) is 0. The van der Waals surface area contributed by atoms with Gasteiger partial charge in [0.2, 0.25) is 5.76 Å². The minimum atomic E-state index is -0.451. The molecule has 2 heterocycles. The predicted molar refractivity (Wildman–Crippen MR) is 57.1 cm³/mol. The predicted octanol–water partition coefficient (Wildman–Crippen LogP) is 1.27. The number of ether oxygens (including phenoxy) is 2. The third-order valence-electron chi connectivity index (χ3n) is 2.14. The average Bonchev–Trinajstić information content (AvgIpc) is 2.38. The summed E-state index contributed by atoms with van der Waals surface area (Å²) in [5.74, 6) is 1.93. The molecular weight excluding hydrogens is 206 g/mol. The smallest absolute Gasteiger partial charge is 0.213 e. The Morgan fingerprint density at radius 3 is 3.25 bits per heavy atom. The second-order valence-corrected chi connectivity index (χ2v) is 3.26. The quantitative estimate of drug-likeness (QED) is 0.565. The van der Waals surface area contributed by atoms with E-state index in [4.69, 9.17) is 9.47 Å². The number of hydrogen-bond donors (Lipinski definition) is 0. The Balaban J connectivity index is 1.97. The highest BCUT2D eigenvalue weighted by molar-refractivity contribution is 5.52. The van der Waals surface area contributed by atoms with Crippen LogP contribution in [0.5, 0.6) is 0 Å². The van der Waals surface area contributed by atoms with Crippen molar-refractivity contribution >= 4 is 5.94 Å². The normalized spacial score (nSPS) is 19.0. The van der Waals surface area contributed by atoms with Crippen LogP contribution in [-0.4, -0.2) is 23.6 Å². The molecule has 1 aliphatic rings. The minimum Gasteiger partial charge on any atom is -0.480 e. The monoisotopic (exact) mass is 217 g/mol. The molecule has 0 saturated carbocycles. The Kier molecular flexibility index (Phi) is 3.49. The van der Waals surface area contributed by atoms with Gasteiger partial charge in [-0.25, -0.2) is 4.79 Å². The van der Waals surface area contributed by atoms with E-state index in [1.165, 1.54) is 0 Å². The molecule has 0 aromatic carbocycles. The van der Waals surface area contributed by atoms with E-state index in [0.29, 0.717) is 13.2 Å².